The van der Waals surface area contributed by atoms with E-state index in [-0.39, 0.29) is 17.5 Å². The fraction of sp³-hybridized carbons (Fsp3) is 0.320. The number of fused-ring (bicyclic) bond motifs is 1. The number of halogens is 1. The highest BCUT2D eigenvalue weighted by Gasteiger charge is 2.36. The lowest BCUT2D eigenvalue weighted by Crippen LogP contribution is -2.30. The van der Waals surface area contributed by atoms with Gasteiger partial charge in [-0.15, -0.1) is 0 Å². The maximum atomic E-state index is 13.8. The zero-order valence-electron chi connectivity index (χ0n) is 18.9. The molecule has 2 heterocycles. The Morgan fingerprint density at radius 2 is 1.94 bits per heavy atom. The van der Waals surface area contributed by atoms with Crippen LogP contribution in [0.3, 0.4) is 0 Å². The first-order valence-electron chi connectivity index (χ1n) is 10.9. The molecule has 0 radical (unpaired) electrons. The van der Waals surface area contributed by atoms with Gasteiger partial charge in [0.1, 0.15) is 24.1 Å². The number of benzene rings is 2. The molecule has 0 spiro atoms. The van der Waals surface area contributed by atoms with E-state index in [2.05, 4.69) is 16.5 Å². The number of aromatic carboxylic acids is 1. The molecule has 3 aromatic rings. The number of carboxylic acids is 1. The highest BCUT2D eigenvalue weighted by molar-refractivity contribution is 6.00. The summed E-state index contributed by atoms with van der Waals surface area (Å²) < 4.78 is 15.4. The van der Waals surface area contributed by atoms with Crippen LogP contribution in [0.5, 0.6) is 0 Å². The fourth-order valence-corrected chi connectivity index (χ4v) is 4.33. The number of aromatic nitrogens is 2. The molecule has 0 aliphatic carbocycles. The van der Waals surface area contributed by atoms with Crippen LogP contribution in [-0.2, 0) is 6.54 Å². The summed E-state index contributed by atoms with van der Waals surface area (Å²) in [6.45, 7) is 6.05. The first kappa shape index (κ1) is 22.5. The average molecular weight is 451 g/mol. The highest BCUT2D eigenvalue weighted by Crippen LogP contribution is 2.35. The lowest BCUT2D eigenvalue weighted by molar-refractivity contribution is 0.0696. The Labute approximate surface area is 191 Å². The topological polar surface area (TPSA) is 87.5 Å². The molecule has 4 rings (SSSR count). The normalized spacial score (nSPS) is 15.9. The molecule has 0 saturated heterocycles. The largest absolute Gasteiger partial charge is 0.478 e. The van der Waals surface area contributed by atoms with E-state index < -0.39 is 18.7 Å². The van der Waals surface area contributed by atoms with Crippen LogP contribution in [0.2, 0.25) is 0 Å². The second kappa shape index (κ2) is 9.05. The first-order valence-corrected chi connectivity index (χ1v) is 10.9. The van der Waals surface area contributed by atoms with Crippen LogP contribution in [0.25, 0.3) is 0 Å². The van der Waals surface area contributed by atoms with Gasteiger partial charge in [-0.3, -0.25) is 4.79 Å². The van der Waals surface area contributed by atoms with Gasteiger partial charge in [-0.1, -0.05) is 42.0 Å². The second-order valence-corrected chi connectivity index (χ2v) is 8.53. The smallest absolute Gasteiger partial charge is 0.335 e. The van der Waals surface area contributed by atoms with Crippen LogP contribution in [-0.4, -0.2) is 40.0 Å². The number of anilines is 1. The van der Waals surface area contributed by atoms with E-state index in [1.54, 1.807) is 23.7 Å². The molecule has 1 aliphatic rings. The summed E-state index contributed by atoms with van der Waals surface area (Å²) in [6.07, 6.45) is 0. The summed E-state index contributed by atoms with van der Waals surface area (Å²) in [6, 6.07) is 13.7. The number of nitrogens with zero attached hydrogens (tertiary/aromatic N) is 3. The molecule has 2 aromatic carbocycles. The monoisotopic (exact) mass is 450 g/mol. The third-order valence-corrected chi connectivity index (χ3v) is 6.00. The van der Waals surface area contributed by atoms with Gasteiger partial charge in [0.2, 0.25) is 0 Å². The third kappa shape index (κ3) is 4.46. The van der Waals surface area contributed by atoms with Crippen molar-refractivity contribution in [3.8, 4) is 0 Å². The molecule has 1 aromatic heterocycles. The number of aryl methyl sites for hydroxylation is 2. The van der Waals surface area contributed by atoms with Gasteiger partial charge in [0.05, 0.1) is 17.3 Å². The minimum absolute atomic E-state index is 0.187. The molecule has 0 bridgehead atoms. The Morgan fingerprint density at radius 1 is 1.21 bits per heavy atom. The number of alkyl halides is 1. The van der Waals surface area contributed by atoms with Crippen molar-refractivity contribution in [2.45, 2.75) is 39.4 Å². The number of nitrogens with one attached hydrogen (secondary N) is 1. The van der Waals surface area contributed by atoms with Gasteiger partial charge >= 0.3 is 5.97 Å². The van der Waals surface area contributed by atoms with Gasteiger partial charge in [-0.05, 0) is 44.0 Å². The van der Waals surface area contributed by atoms with Crippen molar-refractivity contribution >= 4 is 17.7 Å². The van der Waals surface area contributed by atoms with E-state index in [1.807, 2.05) is 36.9 Å². The van der Waals surface area contributed by atoms with Crippen LogP contribution >= 0.6 is 0 Å². The molecule has 0 unspecified atom stereocenters. The van der Waals surface area contributed by atoms with Crippen molar-refractivity contribution < 1.29 is 19.1 Å². The van der Waals surface area contributed by atoms with Gasteiger partial charge in [-0.2, -0.15) is 5.10 Å². The molecule has 172 valence electrons. The summed E-state index contributed by atoms with van der Waals surface area (Å²) in [5.41, 5.74) is 4.17. The Balaban J connectivity index is 1.60. The SMILES string of the molecule is Cc1cccc(CN2C[C@@H](CF)n3nc(C)c(C(=O)N[C@@H](C)c4ccc(C(=O)O)cc4)c32)c1. The molecule has 8 heteroatoms. The molecular weight excluding hydrogens is 423 g/mol. The number of carboxylic acid groups (broad SMARTS) is 1. The molecule has 0 saturated carbocycles. The van der Waals surface area contributed by atoms with E-state index in [1.165, 1.54) is 12.1 Å². The van der Waals surface area contributed by atoms with E-state index in [0.29, 0.717) is 30.2 Å². The van der Waals surface area contributed by atoms with Crippen LogP contribution in [0.4, 0.5) is 10.2 Å². The molecule has 2 atom stereocenters. The van der Waals surface area contributed by atoms with E-state index in [0.717, 1.165) is 16.7 Å². The molecule has 0 fully saturated rings. The minimum Gasteiger partial charge on any atom is -0.478 e. The summed E-state index contributed by atoms with van der Waals surface area (Å²) in [7, 11) is 0. The van der Waals surface area contributed by atoms with Gasteiger partial charge in [0.15, 0.2) is 0 Å². The van der Waals surface area contributed by atoms with Gasteiger partial charge in [-0.25, -0.2) is 13.9 Å². The maximum Gasteiger partial charge on any atom is 0.335 e. The van der Waals surface area contributed by atoms with Crippen LogP contribution in [0.1, 0.15) is 62.1 Å². The standard InChI is InChI=1S/C25H27FN4O3/c1-15-5-4-6-18(11-15)13-29-14-21(12-26)30-24(29)22(17(3)28-30)23(31)27-16(2)19-7-9-20(10-8-19)25(32)33/h4-11,16,21H,12-14H2,1-3H3,(H,27,31)(H,32,33)/t16-,21+/m0/s1. The van der Waals surface area contributed by atoms with Gasteiger partial charge < -0.3 is 15.3 Å². The predicted molar refractivity (Wildman–Crippen MR) is 123 cm³/mol. The molecule has 2 N–H and O–H groups in total. The van der Waals surface area contributed by atoms with Crippen LogP contribution < -0.4 is 10.2 Å². The van der Waals surface area contributed by atoms with Crippen molar-refractivity contribution in [3.05, 3.63) is 82.0 Å². The van der Waals surface area contributed by atoms with Crippen molar-refractivity contribution in [3.63, 3.8) is 0 Å². The Hall–Kier alpha value is -3.68. The number of rotatable bonds is 7. The Morgan fingerprint density at radius 3 is 2.58 bits per heavy atom. The van der Waals surface area contributed by atoms with Crippen molar-refractivity contribution in [2.24, 2.45) is 0 Å². The number of carbonyl (C=O) groups excluding carboxylic acids is 1. The summed E-state index contributed by atoms with van der Waals surface area (Å²) in [5.74, 6) is -0.666. The van der Waals surface area contributed by atoms with Crippen molar-refractivity contribution in [1.29, 1.82) is 0 Å². The van der Waals surface area contributed by atoms with Crippen LogP contribution in [0.15, 0.2) is 48.5 Å². The first-order chi connectivity index (χ1) is 15.8. The van der Waals surface area contributed by atoms with E-state index in [9.17, 15) is 14.0 Å². The number of carbonyl (C=O) groups is 2. The quantitative estimate of drug-likeness (QED) is 0.563. The lowest BCUT2D eigenvalue weighted by Gasteiger charge is -2.21. The summed E-state index contributed by atoms with van der Waals surface area (Å²) in [4.78, 5) is 26.4. The van der Waals surface area contributed by atoms with Crippen LogP contribution in [0, 0.1) is 13.8 Å². The summed E-state index contributed by atoms with van der Waals surface area (Å²) in [5, 5.41) is 16.6. The number of hydrogen-bond acceptors (Lipinski definition) is 4. The van der Waals surface area contributed by atoms with Gasteiger partial charge in [0, 0.05) is 13.1 Å². The minimum atomic E-state index is -1.000. The number of amides is 1. The lowest BCUT2D eigenvalue weighted by atomic mass is 10.1. The predicted octanol–water partition coefficient (Wildman–Crippen LogP) is 4.22. The molecule has 1 aliphatic heterocycles. The Kier molecular flexibility index (Phi) is 6.18. The zero-order valence-corrected chi connectivity index (χ0v) is 18.9. The number of hydrogen-bond donors (Lipinski definition) is 2. The van der Waals surface area contributed by atoms with Crippen molar-refractivity contribution in [2.75, 3.05) is 18.1 Å². The van der Waals surface area contributed by atoms with E-state index in [4.69, 9.17) is 5.11 Å². The highest BCUT2D eigenvalue weighted by atomic mass is 19.1. The summed E-state index contributed by atoms with van der Waals surface area (Å²) >= 11 is 0. The third-order valence-electron chi connectivity index (χ3n) is 6.00. The van der Waals surface area contributed by atoms with E-state index >= 15 is 0 Å². The fourth-order valence-electron chi connectivity index (χ4n) is 4.33. The molecule has 33 heavy (non-hydrogen) atoms. The average Bonchev–Trinajstić information content (AvgIpc) is 3.29. The van der Waals surface area contributed by atoms with Crippen molar-refractivity contribution in [1.82, 2.24) is 15.1 Å². The zero-order chi connectivity index (χ0) is 23.7. The Bertz CT molecular complexity index is 1190. The molecular formula is C25H27FN4O3. The maximum absolute atomic E-state index is 13.8. The molecule has 1 amide bonds. The molecule has 7 nitrogen and oxygen atoms in total. The second-order valence-electron chi connectivity index (χ2n) is 8.53. The van der Waals surface area contributed by atoms with Gasteiger partial charge in [0.25, 0.3) is 5.91 Å².